The van der Waals surface area contributed by atoms with Gasteiger partial charge in [0, 0.05) is 30.9 Å². The smallest absolute Gasteiger partial charge is 0.317 e. The van der Waals surface area contributed by atoms with Crippen molar-refractivity contribution in [1.29, 1.82) is 0 Å². The van der Waals surface area contributed by atoms with Crippen molar-refractivity contribution in [1.82, 2.24) is 30.1 Å². The molecule has 0 radical (unpaired) electrons. The Hall–Kier alpha value is -2.92. The number of likely N-dealkylation sites (tertiary alicyclic amines) is 1. The van der Waals surface area contributed by atoms with Crippen LogP contribution in [0.3, 0.4) is 0 Å². The Morgan fingerprint density at radius 2 is 1.37 bits per heavy atom. The first-order chi connectivity index (χ1) is 23.6. The van der Waals surface area contributed by atoms with E-state index in [0.717, 1.165) is 25.1 Å². The Bertz CT molecular complexity index is 1160. The number of carbonyl (C=O) groups is 2. The number of carbonyl (C=O) groups excluding carboxylic acids is 2. The second kappa shape index (κ2) is 22.7. The van der Waals surface area contributed by atoms with E-state index in [1.807, 2.05) is 37.9 Å². The van der Waals surface area contributed by atoms with Gasteiger partial charge in [-0.1, -0.05) is 39.5 Å². The van der Waals surface area contributed by atoms with Crippen molar-refractivity contribution in [3.63, 3.8) is 0 Å². The molecule has 0 aromatic carbocycles. The monoisotopic (exact) mass is 694 g/mol. The molecule has 2 aliphatic heterocycles. The van der Waals surface area contributed by atoms with Gasteiger partial charge in [0.1, 0.15) is 5.69 Å². The molecular formula is C34H58N6O9. The molecule has 3 heterocycles. The average Bonchev–Trinajstić information content (AvgIpc) is 3.78. The predicted molar refractivity (Wildman–Crippen MR) is 182 cm³/mol. The molecule has 49 heavy (non-hydrogen) atoms. The zero-order valence-electron chi connectivity index (χ0n) is 30.0. The van der Waals surface area contributed by atoms with E-state index < -0.39 is 0 Å². The summed E-state index contributed by atoms with van der Waals surface area (Å²) in [5.74, 6) is 0.549. The van der Waals surface area contributed by atoms with Crippen molar-refractivity contribution in [2.75, 3.05) is 112 Å². The van der Waals surface area contributed by atoms with Gasteiger partial charge in [0.05, 0.1) is 112 Å². The standard InChI is InChI=1S/C34H58N6O9/c1-28-6-8-38(25-28)33(42)35-7-10-43-12-14-45-16-18-47-20-22-49-23-21-48-19-17-46-15-13-44-11-9-39-26-30(36-37-39)27-40-29(2)24-31(32(40)41)34(3,4)5/h24,26,28H,2,6-23,25,27H2,1,3-5H3,(H,35,42)/t28-/m1/s1. The van der Waals surface area contributed by atoms with Crippen LogP contribution in [0.4, 0.5) is 4.79 Å². The lowest BCUT2D eigenvalue weighted by molar-refractivity contribution is -0.125. The van der Waals surface area contributed by atoms with Crippen molar-refractivity contribution in [3.05, 3.63) is 35.8 Å². The maximum atomic E-state index is 12.8. The predicted octanol–water partition coefficient (Wildman–Crippen LogP) is 2.27. The third-order valence-corrected chi connectivity index (χ3v) is 7.78. The summed E-state index contributed by atoms with van der Waals surface area (Å²) in [5, 5.41) is 11.2. The van der Waals surface area contributed by atoms with Crippen LogP contribution in [-0.2, 0) is 51.0 Å². The normalized spacial score (nSPS) is 16.7. The van der Waals surface area contributed by atoms with E-state index >= 15 is 0 Å². The summed E-state index contributed by atoms with van der Waals surface area (Å²) in [6, 6.07) is -0.00975. The van der Waals surface area contributed by atoms with Crippen molar-refractivity contribution < 1.29 is 42.7 Å². The van der Waals surface area contributed by atoms with Gasteiger partial charge in [-0.25, -0.2) is 9.48 Å². The summed E-state index contributed by atoms with van der Waals surface area (Å²) in [4.78, 5) is 28.2. The van der Waals surface area contributed by atoms with Gasteiger partial charge < -0.3 is 48.3 Å². The molecule has 3 rings (SSSR count). The van der Waals surface area contributed by atoms with E-state index in [1.165, 1.54) is 0 Å². The Kier molecular flexibility index (Phi) is 18.8. The van der Waals surface area contributed by atoms with E-state index in [4.69, 9.17) is 33.2 Å². The number of rotatable bonds is 26. The van der Waals surface area contributed by atoms with Crippen molar-refractivity contribution in [3.8, 4) is 0 Å². The summed E-state index contributed by atoms with van der Waals surface area (Å²) in [6.07, 6.45) is 4.74. The molecule has 1 atom stereocenters. The summed E-state index contributed by atoms with van der Waals surface area (Å²) < 4.78 is 40.3. The van der Waals surface area contributed by atoms with Gasteiger partial charge in [-0.2, -0.15) is 0 Å². The van der Waals surface area contributed by atoms with Crippen LogP contribution in [0.2, 0.25) is 0 Å². The van der Waals surface area contributed by atoms with Gasteiger partial charge in [0.2, 0.25) is 0 Å². The Morgan fingerprint density at radius 1 is 0.857 bits per heavy atom. The van der Waals surface area contributed by atoms with Crippen LogP contribution in [0.5, 0.6) is 0 Å². The number of hydrogen-bond acceptors (Lipinski definition) is 11. The molecule has 278 valence electrons. The van der Waals surface area contributed by atoms with Gasteiger partial charge in [0.25, 0.3) is 5.91 Å². The molecule has 1 saturated heterocycles. The zero-order chi connectivity index (χ0) is 35.3. The highest BCUT2D eigenvalue weighted by molar-refractivity contribution is 5.99. The van der Waals surface area contributed by atoms with Gasteiger partial charge in [-0.3, -0.25) is 4.79 Å². The molecule has 15 heteroatoms. The lowest BCUT2D eigenvalue weighted by Gasteiger charge is -2.21. The van der Waals surface area contributed by atoms with E-state index in [2.05, 4.69) is 29.1 Å². The maximum Gasteiger partial charge on any atom is 0.317 e. The molecule has 15 nitrogen and oxygen atoms in total. The van der Waals surface area contributed by atoms with Crippen LogP contribution in [0.25, 0.3) is 0 Å². The van der Waals surface area contributed by atoms with Gasteiger partial charge >= 0.3 is 6.03 Å². The summed E-state index contributed by atoms with van der Waals surface area (Å²) in [6.45, 7) is 22.0. The first-order valence-electron chi connectivity index (χ1n) is 17.3. The minimum absolute atomic E-state index is 0.00975. The molecule has 0 saturated carbocycles. The van der Waals surface area contributed by atoms with Crippen LogP contribution in [0.1, 0.15) is 39.8 Å². The molecule has 1 N–H and O–H groups in total. The number of nitrogens with zero attached hydrogens (tertiary/aromatic N) is 5. The van der Waals surface area contributed by atoms with Gasteiger partial charge in [0.15, 0.2) is 0 Å². The number of amides is 3. The number of allylic oxidation sites excluding steroid dienone is 1. The largest absolute Gasteiger partial charge is 0.377 e. The van der Waals surface area contributed by atoms with Crippen LogP contribution in [-0.4, -0.2) is 149 Å². The van der Waals surface area contributed by atoms with E-state index in [9.17, 15) is 9.59 Å². The van der Waals surface area contributed by atoms with Crippen LogP contribution in [0.15, 0.2) is 30.1 Å². The molecule has 0 spiro atoms. The van der Waals surface area contributed by atoms with Gasteiger partial charge in [-0.05, 0) is 23.8 Å². The SMILES string of the molecule is C=C1C=C(C(C)(C)C)C(=O)N1Cc1cn(CCOCCOCCOCCOCCOCCOCCOCCNC(=O)N2CC[C@@H](C)C2)nn1. The highest BCUT2D eigenvalue weighted by atomic mass is 16.6. The Morgan fingerprint density at radius 3 is 1.84 bits per heavy atom. The molecule has 1 aromatic rings. The van der Waals surface area contributed by atoms with Crippen LogP contribution < -0.4 is 5.32 Å². The Labute approximate surface area is 291 Å². The number of ether oxygens (including phenoxy) is 7. The summed E-state index contributed by atoms with van der Waals surface area (Å²) in [5.41, 5.74) is 1.88. The first kappa shape index (κ1) is 40.5. The molecular weight excluding hydrogens is 636 g/mol. The fourth-order valence-corrected chi connectivity index (χ4v) is 5.02. The third-order valence-electron chi connectivity index (χ3n) is 7.78. The number of nitrogens with one attached hydrogen (secondary N) is 1. The lowest BCUT2D eigenvalue weighted by Crippen LogP contribution is -2.39. The van der Waals surface area contributed by atoms with Crippen LogP contribution >= 0.6 is 0 Å². The lowest BCUT2D eigenvalue weighted by atomic mass is 9.86. The highest BCUT2D eigenvalue weighted by Crippen LogP contribution is 2.34. The maximum absolute atomic E-state index is 12.8. The highest BCUT2D eigenvalue weighted by Gasteiger charge is 2.34. The second-order valence-corrected chi connectivity index (χ2v) is 13.0. The van der Waals surface area contributed by atoms with E-state index in [1.54, 1.807) is 9.58 Å². The molecule has 0 bridgehead atoms. The third kappa shape index (κ3) is 16.1. The second-order valence-electron chi connectivity index (χ2n) is 13.0. The minimum Gasteiger partial charge on any atom is -0.377 e. The summed E-state index contributed by atoms with van der Waals surface area (Å²) in [7, 11) is 0. The summed E-state index contributed by atoms with van der Waals surface area (Å²) >= 11 is 0. The molecule has 0 aliphatic carbocycles. The fourth-order valence-electron chi connectivity index (χ4n) is 5.02. The number of hydrogen-bond donors (Lipinski definition) is 1. The Balaban J connectivity index is 1.00. The fraction of sp³-hybridized carbons (Fsp3) is 0.765. The quantitative estimate of drug-likeness (QED) is 0.143. The molecule has 1 aromatic heterocycles. The molecule has 3 amide bonds. The number of aromatic nitrogens is 3. The molecule has 2 aliphatic rings. The van der Waals surface area contributed by atoms with Gasteiger partial charge in [-0.15, -0.1) is 5.10 Å². The van der Waals surface area contributed by atoms with Crippen molar-refractivity contribution >= 4 is 11.9 Å². The average molecular weight is 695 g/mol. The van der Waals surface area contributed by atoms with Crippen molar-refractivity contribution in [2.45, 2.75) is 47.2 Å². The topological polar surface area (TPSA) is 148 Å². The number of urea groups is 1. The minimum atomic E-state index is -0.238. The molecule has 1 fully saturated rings. The van der Waals surface area contributed by atoms with E-state index in [-0.39, 0.29) is 17.4 Å². The van der Waals surface area contributed by atoms with E-state index in [0.29, 0.717) is 129 Å². The zero-order valence-corrected chi connectivity index (χ0v) is 30.0. The van der Waals surface area contributed by atoms with Crippen LogP contribution in [0, 0.1) is 11.3 Å². The van der Waals surface area contributed by atoms with Crippen molar-refractivity contribution in [2.24, 2.45) is 11.3 Å². The molecule has 0 unspecified atom stereocenters. The first-order valence-corrected chi connectivity index (χ1v) is 17.3.